The molecule has 0 spiro atoms. The number of benzene rings is 2. The highest BCUT2D eigenvalue weighted by atomic mass is 32.3. The number of halogens is 5. The van der Waals surface area contributed by atoms with Gasteiger partial charge in [0, 0.05) is 28.5 Å². The number of methoxy groups -OCH3 is 1. The Morgan fingerprint density at radius 3 is 2.38 bits per heavy atom. The maximum Gasteiger partial charge on any atom is 0.416 e. The van der Waals surface area contributed by atoms with E-state index >= 15 is 0 Å². The first-order valence-electron chi connectivity index (χ1n) is 9.90. The molecule has 0 bridgehead atoms. The molecule has 0 saturated heterocycles. The van der Waals surface area contributed by atoms with Crippen molar-refractivity contribution in [3.8, 4) is 0 Å². The Kier molecular flexibility index (Phi) is 9.62. The van der Waals surface area contributed by atoms with Crippen LogP contribution in [-0.2, 0) is 21.3 Å². The lowest BCUT2D eigenvalue weighted by molar-refractivity contribution is -0.137. The first-order valence-corrected chi connectivity index (χ1v) is 11.2. The van der Waals surface area contributed by atoms with Crippen LogP contribution in [0.2, 0.25) is 0 Å². The molecule has 3 rings (SSSR count). The molecule has 0 fully saturated rings. The lowest BCUT2D eigenvalue weighted by atomic mass is 10.1. The molecule has 3 aromatic rings. The number of aromatic amines is 1. The van der Waals surface area contributed by atoms with Gasteiger partial charge >= 0.3 is 6.18 Å². The fourth-order valence-corrected chi connectivity index (χ4v) is 2.82. The van der Waals surface area contributed by atoms with Crippen molar-refractivity contribution in [3.63, 3.8) is 0 Å². The van der Waals surface area contributed by atoms with Crippen LogP contribution in [0.4, 0.5) is 27.8 Å². The fraction of sp³-hybridized carbons (Fsp3) is 0.250. The van der Waals surface area contributed by atoms with Crippen molar-refractivity contribution in [2.45, 2.75) is 19.1 Å². The second-order valence-electron chi connectivity index (χ2n) is 7.23. The third kappa shape index (κ3) is 9.37. The third-order valence-corrected chi connectivity index (χ3v) is 4.30. The molecule has 0 aliphatic carbocycles. The molecule has 17 heteroatoms. The highest BCUT2D eigenvalue weighted by Crippen LogP contribution is 2.32. The number of nitrogens with one attached hydrogen (secondary N) is 3. The summed E-state index contributed by atoms with van der Waals surface area (Å²) in [5.41, 5.74) is -0.910. The Morgan fingerprint density at radius 2 is 1.81 bits per heavy atom. The van der Waals surface area contributed by atoms with Crippen molar-refractivity contribution in [2.75, 3.05) is 19.0 Å². The minimum atomic E-state index is -5.17. The molecule has 202 valence electrons. The zero-order chi connectivity index (χ0) is 28.0. The molecule has 1 amide bonds. The lowest BCUT2D eigenvalue weighted by Crippen LogP contribution is -2.37. The molecule has 0 aliphatic heterocycles. The number of fused-ring (bicyclic) bond motifs is 1. The van der Waals surface area contributed by atoms with Crippen molar-refractivity contribution in [2.24, 2.45) is 4.99 Å². The molecule has 11 nitrogen and oxygen atoms in total. The number of nitrogens with zero attached hydrogens (tertiary/aromatic N) is 2. The van der Waals surface area contributed by atoms with Crippen molar-refractivity contribution >= 4 is 39.0 Å². The maximum absolute atomic E-state index is 13.5. The van der Waals surface area contributed by atoms with Gasteiger partial charge in [-0.15, -0.1) is 0 Å². The summed E-state index contributed by atoms with van der Waals surface area (Å²) in [4.78, 5) is 16.8. The van der Waals surface area contributed by atoms with Gasteiger partial charge < -0.3 is 19.2 Å². The zero-order valence-corrected chi connectivity index (χ0v) is 19.7. The van der Waals surface area contributed by atoms with Crippen molar-refractivity contribution in [1.82, 2.24) is 15.5 Å². The second kappa shape index (κ2) is 12.0. The number of aromatic nitrogens is 2. The molecule has 0 aliphatic rings. The number of rotatable bonds is 5. The van der Waals surface area contributed by atoms with E-state index in [-0.39, 0.29) is 29.5 Å². The first kappa shape index (κ1) is 29.6. The number of H-pyrrole nitrogens is 1. The van der Waals surface area contributed by atoms with E-state index in [4.69, 9.17) is 22.3 Å². The van der Waals surface area contributed by atoms with Gasteiger partial charge in [0.15, 0.2) is 17.5 Å². The molecule has 1 atom stereocenters. The molecular formula is C20H18F5N5O6S-2. The van der Waals surface area contributed by atoms with Crippen LogP contribution < -0.4 is 10.6 Å². The van der Waals surface area contributed by atoms with Gasteiger partial charge in [0.05, 0.1) is 23.7 Å². The summed E-state index contributed by atoms with van der Waals surface area (Å²) >= 11 is 0. The Bertz CT molecular complexity index is 1390. The third-order valence-electron chi connectivity index (χ3n) is 4.30. The number of hydrogen-bond acceptors (Lipinski definition) is 8. The van der Waals surface area contributed by atoms with E-state index in [0.717, 1.165) is 30.3 Å². The summed E-state index contributed by atoms with van der Waals surface area (Å²) in [6.45, 7) is 1.88. The molecular weight excluding hydrogens is 533 g/mol. The minimum Gasteiger partial charge on any atom is -0.759 e. The van der Waals surface area contributed by atoms with Crippen LogP contribution in [0.1, 0.15) is 22.8 Å². The van der Waals surface area contributed by atoms with E-state index < -0.39 is 45.7 Å². The number of alkyl halides is 3. The van der Waals surface area contributed by atoms with Crippen LogP contribution in [0.25, 0.3) is 10.9 Å². The molecule has 0 unspecified atom stereocenters. The Hall–Kier alpha value is -3.67. The van der Waals surface area contributed by atoms with Crippen LogP contribution in [0.15, 0.2) is 41.4 Å². The molecule has 1 heterocycles. The van der Waals surface area contributed by atoms with Crippen molar-refractivity contribution < 1.29 is 49.0 Å². The van der Waals surface area contributed by atoms with Gasteiger partial charge in [-0.3, -0.25) is 23.6 Å². The van der Waals surface area contributed by atoms with Gasteiger partial charge in [-0.2, -0.15) is 18.3 Å². The first-order chi connectivity index (χ1) is 17.1. The normalized spacial score (nSPS) is 13.1. The largest absolute Gasteiger partial charge is 0.759 e. The molecule has 0 radical (unpaired) electrons. The number of carbonyl (C=O) groups is 1. The van der Waals surface area contributed by atoms with Crippen LogP contribution in [0.3, 0.4) is 0 Å². The van der Waals surface area contributed by atoms with Gasteiger partial charge in [-0.05, 0) is 43.3 Å². The maximum atomic E-state index is 13.5. The molecule has 3 N–H and O–H groups in total. The van der Waals surface area contributed by atoms with E-state index in [1.807, 2.05) is 0 Å². The van der Waals surface area contributed by atoms with Gasteiger partial charge in [-0.1, -0.05) is 0 Å². The van der Waals surface area contributed by atoms with Crippen LogP contribution in [0.5, 0.6) is 0 Å². The van der Waals surface area contributed by atoms with E-state index in [1.165, 1.54) is 13.2 Å². The van der Waals surface area contributed by atoms with Crippen molar-refractivity contribution in [3.05, 3.63) is 59.2 Å². The summed E-state index contributed by atoms with van der Waals surface area (Å²) in [6, 6.07) is 5.20. The number of amides is 1. The topological polar surface area (TPSA) is 172 Å². The smallest absolute Gasteiger partial charge is 0.416 e. The monoisotopic (exact) mass is 551 g/mol. The number of anilines is 1. The standard InChI is InChI=1S/C20H18F5N5O2.H2O4S/c1-10(9-32-2)26-19(28-18(31)11-3-6-14(21)15(22)7-11)27-17-13-5-4-12(20(23,24)25)8-16(13)29-30-17;1-5(2,3)4/h3-8,10H,9H2,1-2H3,(H3,26,27,28,29,30,31);(H2,1,2,3,4)/p-2/t10-;/m0./s1. The molecule has 0 saturated carbocycles. The molecule has 37 heavy (non-hydrogen) atoms. The van der Waals surface area contributed by atoms with Gasteiger partial charge in [-0.25, -0.2) is 13.8 Å². The minimum absolute atomic E-state index is 0.0997. The Labute approximate surface area is 206 Å². The predicted molar refractivity (Wildman–Crippen MR) is 118 cm³/mol. The number of hydrogen-bond donors (Lipinski definition) is 3. The van der Waals surface area contributed by atoms with E-state index in [9.17, 15) is 26.7 Å². The summed E-state index contributed by atoms with van der Waals surface area (Å²) in [5.74, 6) is -3.11. The second-order valence-corrected chi connectivity index (χ2v) is 8.05. The van der Waals surface area contributed by atoms with E-state index in [2.05, 4.69) is 25.8 Å². The quantitative estimate of drug-likeness (QED) is 0.143. The van der Waals surface area contributed by atoms with Crippen LogP contribution in [0, 0.1) is 11.6 Å². The lowest BCUT2D eigenvalue weighted by Gasteiger charge is -2.13. The zero-order valence-electron chi connectivity index (χ0n) is 18.9. The number of aliphatic imine (C=N–C) groups is 1. The SMILES string of the molecule is COC[C@H](C)N=C(NC(=O)c1ccc(F)c(F)c1)Nc1n[nH]c2cc(C(F)(F)F)ccc12.O=S(=O)([O-])[O-]. The number of guanidine groups is 1. The molecule has 1 aromatic heterocycles. The fourth-order valence-electron chi connectivity index (χ4n) is 2.82. The van der Waals surface area contributed by atoms with Gasteiger partial charge in [0.25, 0.3) is 5.91 Å². The van der Waals surface area contributed by atoms with E-state index in [0.29, 0.717) is 5.39 Å². The molecule has 2 aromatic carbocycles. The van der Waals surface area contributed by atoms with Gasteiger partial charge in [0.1, 0.15) is 0 Å². The average molecular weight is 551 g/mol. The predicted octanol–water partition coefficient (Wildman–Crippen LogP) is 2.75. The van der Waals surface area contributed by atoms with Gasteiger partial charge in [0.2, 0.25) is 5.96 Å². The van der Waals surface area contributed by atoms with Crippen LogP contribution >= 0.6 is 0 Å². The number of ether oxygens (including phenoxy) is 1. The highest BCUT2D eigenvalue weighted by molar-refractivity contribution is 7.79. The summed E-state index contributed by atoms with van der Waals surface area (Å²) < 4.78 is 104. The van der Waals surface area contributed by atoms with E-state index in [1.54, 1.807) is 6.92 Å². The Balaban J connectivity index is 0.000000877. The highest BCUT2D eigenvalue weighted by Gasteiger charge is 2.31. The summed E-state index contributed by atoms with van der Waals surface area (Å²) in [6.07, 6.45) is -4.52. The number of carbonyl (C=O) groups excluding carboxylic acids is 1. The summed E-state index contributed by atoms with van der Waals surface area (Å²) in [5, 5.41) is 11.9. The van der Waals surface area contributed by atoms with Crippen LogP contribution in [-0.4, -0.2) is 59.3 Å². The Morgan fingerprint density at radius 1 is 1.16 bits per heavy atom. The van der Waals surface area contributed by atoms with Crippen molar-refractivity contribution in [1.29, 1.82) is 0 Å². The summed E-state index contributed by atoms with van der Waals surface area (Å²) in [7, 11) is -3.71. The average Bonchev–Trinajstić information content (AvgIpc) is 3.16.